The van der Waals surface area contributed by atoms with Crippen molar-refractivity contribution in [2.75, 3.05) is 0 Å². The van der Waals surface area contributed by atoms with Gasteiger partial charge in [0.05, 0.1) is 12.0 Å². The largest absolute Gasteiger partial charge is 0.461 e. The van der Waals surface area contributed by atoms with Gasteiger partial charge in [-0.25, -0.2) is 9.97 Å². The summed E-state index contributed by atoms with van der Waals surface area (Å²) >= 11 is 2.09. The van der Waals surface area contributed by atoms with Gasteiger partial charge in [-0.2, -0.15) is 0 Å². The normalized spacial score (nSPS) is 10.7. The van der Waals surface area contributed by atoms with Crippen molar-refractivity contribution in [2.45, 2.75) is 6.92 Å². The summed E-state index contributed by atoms with van der Waals surface area (Å²) in [6.45, 7) is 1.91. The molecule has 0 aliphatic rings. The Bertz CT molecular complexity index is 396. The molecule has 0 aliphatic carbocycles. The molecule has 0 amide bonds. The first-order chi connectivity index (χ1) is 5.27. The van der Waals surface area contributed by atoms with Gasteiger partial charge in [0, 0.05) is 28.7 Å². The van der Waals surface area contributed by atoms with Gasteiger partial charge in [0.15, 0.2) is 9.41 Å². The molecule has 2 heterocycles. The van der Waals surface area contributed by atoms with Crippen molar-refractivity contribution >= 4 is 33.7 Å². The maximum absolute atomic E-state index is 5.18. The van der Waals surface area contributed by atoms with Gasteiger partial charge < -0.3 is 4.42 Å². The van der Waals surface area contributed by atoms with Gasteiger partial charge in [-0.15, -0.1) is 0 Å². The summed E-state index contributed by atoms with van der Waals surface area (Å²) < 4.78 is 5.93. The maximum atomic E-state index is 5.18. The summed E-state index contributed by atoms with van der Waals surface area (Å²) in [6, 6.07) is 1.84. The average Bonchev–Trinajstić information content (AvgIpc) is 2.34. The van der Waals surface area contributed by atoms with Crippen LogP contribution in [0.2, 0.25) is 0 Å². The Morgan fingerprint density at radius 3 is 3.09 bits per heavy atom. The number of halogens is 1. The quantitative estimate of drug-likeness (QED) is 0.538. The lowest BCUT2D eigenvalue weighted by Gasteiger charge is -1.93. The molecule has 0 fully saturated rings. The van der Waals surface area contributed by atoms with E-state index in [-0.39, 0.29) is 0 Å². The molecule has 56 valence electrons. The monoisotopic (exact) mass is 260 g/mol. The number of fused-ring (bicyclic) bond motifs is 1. The molecule has 0 N–H and O–H groups in total. The molecule has 2 aromatic heterocycles. The van der Waals surface area contributed by atoms with E-state index in [4.69, 9.17) is 4.42 Å². The highest BCUT2D eigenvalue weighted by Gasteiger charge is 2.03. The van der Waals surface area contributed by atoms with E-state index in [0.29, 0.717) is 0 Å². The highest BCUT2D eigenvalue weighted by Crippen LogP contribution is 2.16. The van der Waals surface area contributed by atoms with Crippen molar-refractivity contribution in [3.8, 4) is 0 Å². The van der Waals surface area contributed by atoms with Crippen LogP contribution in [-0.2, 0) is 0 Å². The number of aromatic nitrogens is 2. The van der Waals surface area contributed by atoms with Gasteiger partial charge in [0.25, 0.3) is 0 Å². The Labute approximate surface area is 77.0 Å². The fourth-order valence-electron chi connectivity index (χ4n) is 0.975. The van der Waals surface area contributed by atoms with Gasteiger partial charge in [-0.1, -0.05) is 0 Å². The molecule has 0 aliphatic heterocycles. The minimum absolute atomic E-state index is 0.758. The van der Waals surface area contributed by atoms with Gasteiger partial charge >= 0.3 is 0 Å². The van der Waals surface area contributed by atoms with Crippen molar-refractivity contribution in [3.05, 3.63) is 21.9 Å². The van der Waals surface area contributed by atoms with Crippen molar-refractivity contribution in [1.29, 1.82) is 0 Å². The number of furan rings is 1. The van der Waals surface area contributed by atoms with E-state index in [2.05, 4.69) is 32.6 Å². The highest BCUT2D eigenvalue weighted by molar-refractivity contribution is 14.1. The third-order valence-electron chi connectivity index (χ3n) is 1.45. The van der Waals surface area contributed by atoms with Gasteiger partial charge in [-0.3, -0.25) is 0 Å². The van der Waals surface area contributed by atoms with E-state index in [1.807, 2.05) is 13.0 Å². The highest BCUT2D eigenvalue weighted by atomic mass is 127. The molecule has 0 spiro atoms. The van der Waals surface area contributed by atoms with E-state index >= 15 is 0 Å². The number of aryl methyl sites for hydroxylation is 1. The summed E-state index contributed by atoms with van der Waals surface area (Å²) in [4.78, 5) is 8.33. The van der Waals surface area contributed by atoms with E-state index in [9.17, 15) is 0 Å². The molecule has 0 saturated heterocycles. The number of hydrogen-bond donors (Lipinski definition) is 0. The Balaban J connectivity index is 2.91. The lowest BCUT2D eigenvalue weighted by Crippen LogP contribution is -1.89. The number of hydrogen-bond acceptors (Lipinski definition) is 3. The molecule has 11 heavy (non-hydrogen) atoms. The predicted octanol–water partition coefficient (Wildman–Crippen LogP) is 2.14. The first-order valence-electron chi connectivity index (χ1n) is 3.15. The predicted molar refractivity (Wildman–Crippen MR) is 49.3 cm³/mol. The molecule has 0 radical (unpaired) electrons. The molecular formula is C7H5IN2O. The van der Waals surface area contributed by atoms with Crippen molar-refractivity contribution in [3.63, 3.8) is 0 Å². The molecule has 0 bridgehead atoms. The molecule has 0 unspecified atom stereocenters. The lowest BCUT2D eigenvalue weighted by atomic mass is 10.4. The summed E-state index contributed by atoms with van der Waals surface area (Å²) in [5.74, 6) is 0. The van der Waals surface area contributed by atoms with Crippen molar-refractivity contribution in [1.82, 2.24) is 9.97 Å². The van der Waals surface area contributed by atoms with Crippen LogP contribution in [0.15, 0.2) is 16.7 Å². The molecular weight excluding hydrogens is 255 g/mol. The Kier molecular flexibility index (Phi) is 1.56. The summed E-state index contributed by atoms with van der Waals surface area (Å²) in [6.07, 6.45) is 1.63. The van der Waals surface area contributed by atoms with Crippen LogP contribution in [-0.4, -0.2) is 9.97 Å². The summed E-state index contributed by atoms with van der Waals surface area (Å²) in [5.41, 5.74) is 2.55. The van der Waals surface area contributed by atoms with E-state index in [1.165, 1.54) is 0 Å². The fourth-order valence-corrected chi connectivity index (χ4v) is 1.60. The van der Waals surface area contributed by atoms with Gasteiger partial charge in [0.1, 0.15) is 5.52 Å². The molecule has 0 aromatic carbocycles. The molecule has 4 heteroatoms. The topological polar surface area (TPSA) is 38.9 Å². The molecule has 2 rings (SSSR count). The van der Waals surface area contributed by atoms with Crippen LogP contribution in [0.3, 0.4) is 0 Å². The average molecular weight is 260 g/mol. The molecule has 3 nitrogen and oxygen atoms in total. The molecule has 0 saturated carbocycles. The minimum Gasteiger partial charge on any atom is -0.461 e. The van der Waals surface area contributed by atoms with Crippen LogP contribution >= 0.6 is 22.6 Å². The van der Waals surface area contributed by atoms with E-state index in [1.54, 1.807) is 6.26 Å². The SMILES string of the molecule is Cc1nc(I)nc2ccoc12. The zero-order valence-corrected chi connectivity index (χ0v) is 7.99. The first kappa shape index (κ1) is 7.02. The van der Waals surface area contributed by atoms with Crippen LogP contribution in [0.25, 0.3) is 11.1 Å². The maximum Gasteiger partial charge on any atom is 0.191 e. The first-order valence-corrected chi connectivity index (χ1v) is 4.22. The van der Waals surface area contributed by atoms with Gasteiger partial charge in [0.2, 0.25) is 0 Å². The van der Waals surface area contributed by atoms with Crippen LogP contribution in [0, 0.1) is 10.8 Å². The zero-order chi connectivity index (χ0) is 7.84. The third kappa shape index (κ3) is 1.11. The molecule has 2 aromatic rings. The molecule has 0 atom stereocenters. The number of rotatable bonds is 0. The Morgan fingerprint density at radius 1 is 1.45 bits per heavy atom. The second kappa shape index (κ2) is 2.44. The van der Waals surface area contributed by atoms with Crippen molar-refractivity contribution < 1.29 is 4.42 Å². The third-order valence-corrected chi connectivity index (χ3v) is 1.93. The van der Waals surface area contributed by atoms with Crippen molar-refractivity contribution in [2.24, 2.45) is 0 Å². The smallest absolute Gasteiger partial charge is 0.191 e. The van der Waals surface area contributed by atoms with Crippen LogP contribution in [0.1, 0.15) is 5.69 Å². The van der Waals surface area contributed by atoms with E-state index < -0.39 is 0 Å². The lowest BCUT2D eigenvalue weighted by molar-refractivity contribution is 0.610. The Morgan fingerprint density at radius 2 is 2.27 bits per heavy atom. The van der Waals surface area contributed by atoms with Crippen LogP contribution in [0.4, 0.5) is 0 Å². The van der Waals surface area contributed by atoms with Crippen LogP contribution < -0.4 is 0 Å². The second-order valence-corrected chi connectivity index (χ2v) is 3.18. The Hall–Kier alpha value is -0.650. The fraction of sp³-hybridized carbons (Fsp3) is 0.143. The summed E-state index contributed by atoms with van der Waals surface area (Å²) in [5, 5.41) is 0. The van der Waals surface area contributed by atoms with Gasteiger partial charge in [-0.05, 0) is 6.92 Å². The second-order valence-electron chi connectivity index (χ2n) is 2.21. The number of nitrogens with zero attached hydrogens (tertiary/aromatic N) is 2. The van der Waals surface area contributed by atoms with Crippen LogP contribution in [0.5, 0.6) is 0 Å². The van der Waals surface area contributed by atoms with E-state index in [0.717, 1.165) is 20.6 Å². The standard InChI is InChI=1S/C7H5IN2O/c1-4-6-5(2-3-11-6)10-7(8)9-4/h2-3H,1H3. The minimum atomic E-state index is 0.758. The zero-order valence-electron chi connectivity index (χ0n) is 5.84. The summed E-state index contributed by atoms with van der Waals surface area (Å²) in [7, 11) is 0.